The second-order valence-electron chi connectivity index (χ2n) is 2.54. The number of rotatable bonds is 1. The highest BCUT2D eigenvalue weighted by molar-refractivity contribution is 9.10. The molecule has 2 aromatic heterocycles. The van der Waals surface area contributed by atoms with E-state index in [1.54, 1.807) is 16.7 Å². The summed E-state index contributed by atoms with van der Waals surface area (Å²) in [5, 5.41) is 8.77. The van der Waals surface area contributed by atoms with Gasteiger partial charge in [0.2, 0.25) is 0 Å². The third kappa shape index (κ3) is 1.31. The van der Waals surface area contributed by atoms with Gasteiger partial charge in [-0.05, 0) is 12.1 Å². The molecular weight excluding hydrogens is 236 g/mol. The lowest BCUT2D eigenvalue weighted by atomic mass is 10.3. The summed E-state index contributed by atoms with van der Waals surface area (Å²) in [5.41, 5.74) is 0.656. The number of hydrogen-bond acceptors (Lipinski definition) is 2. The fourth-order valence-corrected chi connectivity index (χ4v) is 1.46. The second-order valence-corrected chi connectivity index (χ2v) is 3.45. The van der Waals surface area contributed by atoms with E-state index in [4.69, 9.17) is 5.11 Å². The van der Waals surface area contributed by atoms with Crippen molar-refractivity contribution in [1.82, 2.24) is 9.38 Å². The van der Waals surface area contributed by atoms with Crippen LogP contribution in [0, 0.1) is 0 Å². The molecule has 0 amide bonds. The molecule has 2 rings (SSSR count). The number of nitrogens with zero attached hydrogens (tertiary/aromatic N) is 2. The fraction of sp³-hybridized carbons (Fsp3) is 0. The van der Waals surface area contributed by atoms with Crippen molar-refractivity contribution in [2.45, 2.75) is 0 Å². The number of aromatic carboxylic acids is 1. The van der Waals surface area contributed by atoms with Crippen LogP contribution in [0.2, 0.25) is 0 Å². The summed E-state index contributed by atoms with van der Waals surface area (Å²) in [6.45, 7) is 0. The Labute approximate surface area is 82.0 Å². The number of halogens is 1. The van der Waals surface area contributed by atoms with Crippen LogP contribution in [0.4, 0.5) is 0 Å². The average molecular weight is 241 g/mol. The van der Waals surface area contributed by atoms with Crippen molar-refractivity contribution in [2.75, 3.05) is 0 Å². The smallest absolute Gasteiger partial charge is 0.356 e. The van der Waals surface area contributed by atoms with E-state index in [0.717, 1.165) is 4.47 Å². The number of hydrogen-bond donors (Lipinski definition) is 1. The molecule has 5 heteroatoms. The number of pyridine rings is 1. The third-order valence-electron chi connectivity index (χ3n) is 1.70. The highest BCUT2D eigenvalue weighted by atomic mass is 79.9. The zero-order valence-electron chi connectivity index (χ0n) is 6.44. The summed E-state index contributed by atoms with van der Waals surface area (Å²) in [7, 11) is 0. The van der Waals surface area contributed by atoms with Crippen LogP contribution in [0.15, 0.2) is 29.1 Å². The Kier molecular flexibility index (Phi) is 1.81. The van der Waals surface area contributed by atoms with Gasteiger partial charge < -0.3 is 9.51 Å². The van der Waals surface area contributed by atoms with Crippen molar-refractivity contribution < 1.29 is 9.90 Å². The maximum Gasteiger partial charge on any atom is 0.356 e. The van der Waals surface area contributed by atoms with E-state index in [0.29, 0.717) is 5.52 Å². The Bertz CT molecular complexity index is 478. The summed E-state index contributed by atoms with van der Waals surface area (Å²) in [6.07, 6.45) is 3.23. The van der Waals surface area contributed by atoms with Crippen LogP contribution in [0.25, 0.3) is 5.52 Å². The first kappa shape index (κ1) is 8.25. The fourth-order valence-electron chi connectivity index (χ4n) is 1.13. The molecule has 0 aliphatic rings. The largest absolute Gasteiger partial charge is 0.476 e. The first-order valence-corrected chi connectivity index (χ1v) is 4.33. The Hall–Kier alpha value is -1.36. The standard InChI is InChI=1S/C8H5BrN2O2/c9-5-1-2-11-4-10-7(8(12)13)6(11)3-5/h1-4H,(H,12,13). The number of carbonyl (C=O) groups is 1. The van der Waals surface area contributed by atoms with Crippen LogP contribution in [-0.4, -0.2) is 20.5 Å². The van der Waals surface area contributed by atoms with Gasteiger partial charge in [-0.2, -0.15) is 0 Å². The van der Waals surface area contributed by atoms with Crippen molar-refractivity contribution in [3.63, 3.8) is 0 Å². The molecule has 0 aliphatic heterocycles. The second kappa shape index (κ2) is 2.85. The number of fused-ring (bicyclic) bond motifs is 1. The van der Waals surface area contributed by atoms with Crippen LogP contribution >= 0.6 is 15.9 Å². The van der Waals surface area contributed by atoms with Gasteiger partial charge in [-0.25, -0.2) is 9.78 Å². The lowest BCUT2D eigenvalue weighted by Gasteiger charge is -1.94. The van der Waals surface area contributed by atoms with Crippen LogP contribution < -0.4 is 0 Å². The van der Waals surface area contributed by atoms with E-state index in [2.05, 4.69) is 20.9 Å². The lowest BCUT2D eigenvalue weighted by Crippen LogP contribution is -1.97. The van der Waals surface area contributed by atoms with E-state index in [1.165, 1.54) is 6.33 Å². The molecule has 0 fully saturated rings. The zero-order chi connectivity index (χ0) is 9.42. The van der Waals surface area contributed by atoms with Crippen LogP contribution in [0.5, 0.6) is 0 Å². The van der Waals surface area contributed by atoms with E-state index in [-0.39, 0.29) is 5.69 Å². The molecule has 2 aromatic rings. The highest BCUT2D eigenvalue weighted by Crippen LogP contribution is 2.15. The Balaban J connectivity index is 2.79. The monoisotopic (exact) mass is 240 g/mol. The van der Waals surface area contributed by atoms with Gasteiger partial charge in [-0.3, -0.25) is 0 Å². The molecule has 0 saturated carbocycles. The number of carboxylic acid groups (broad SMARTS) is 1. The van der Waals surface area contributed by atoms with Crippen LogP contribution in [-0.2, 0) is 0 Å². The zero-order valence-corrected chi connectivity index (χ0v) is 8.02. The summed E-state index contributed by atoms with van der Waals surface area (Å²) in [5.74, 6) is -1.01. The minimum Gasteiger partial charge on any atom is -0.476 e. The topological polar surface area (TPSA) is 54.6 Å². The SMILES string of the molecule is O=C(O)c1ncn2ccc(Br)cc12. The number of carboxylic acids is 1. The van der Waals surface area contributed by atoms with Gasteiger partial charge in [0.15, 0.2) is 5.69 Å². The predicted molar refractivity (Wildman–Crippen MR) is 49.9 cm³/mol. The third-order valence-corrected chi connectivity index (χ3v) is 2.20. The molecule has 2 heterocycles. The number of aromatic nitrogens is 2. The molecule has 1 N–H and O–H groups in total. The predicted octanol–water partition coefficient (Wildman–Crippen LogP) is 1.80. The quantitative estimate of drug-likeness (QED) is 0.828. The van der Waals surface area contributed by atoms with E-state index in [9.17, 15) is 4.79 Å². The Morgan fingerprint density at radius 1 is 1.62 bits per heavy atom. The van der Waals surface area contributed by atoms with Gasteiger partial charge in [0.05, 0.1) is 5.52 Å². The minimum atomic E-state index is -1.01. The Morgan fingerprint density at radius 2 is 2.38 bits per heavy atom. The maximum absolute atomic E-state index is 10.7. The molecule has 0 bridgehead atoms. The summed E-state index contributed by atoms with van der Waals surface area (Å²) < 4.78 is 2.50. The minimum absolute atomic E-state index is 0.0706. The Morgan fingerprint density at radius 3 is 3.08 bits per heavy atom. The molecule has 66 valence electrons. The van der Waals surface area contributed by atoms with Crippen LogP contribution in [0.1, 0.15) is 10.5 Å². The van der Waals surface area contributed by atoms with Gasteiger partial charge >= 0.3 is 5.97 Å². The molecule has 0 radical (unpaired) electrons. The summed E-state index contributed by atoms with van der Waals surface area (Å²) in [4.78, 5) is 14.5. The van der Waals surface area contributed by atoms with Crippen molar-refractivity contribution in [2.24, 2.45) is 0 Å². The normalized spacial score (nSPS) is 10.5. The molecule has 0 unspecified atom stereocenters. The van der Waals surface area contributed by atoms with Gasteiger partial charge in [0, 0.05) is 10.7 Å². The molecular formula is C8H5BrN2O2. The molecule has 0 spiro atoms. The van der Waals surface area contributed by atoms with E-state index >= 15 is 0 Å². The van der Waals surface area contributed by atoms with E-state index in [1.807, 2.05) is 6.07 Å². The van der Waals surface area contributed by atoms with Crippen molar-refractivity contribution in [3.05, 3.63) is 34.8 Å². The lowest BCUT2D eigenvalue weighted by molar-refractivity contribution is 0.0693. The van der Waals surface area contributed by atoms with Crippen molar-refractivity contribution >= 4 is 27.4 Å². The van der Waals surface area contributed by atoms with Gasteiger partial charge in [-0.1, -0.05) is 15.9 Å². The molecule has 0 atom stereocenters. The van der Waals surface area contributed by atoms with Gasteiger partial charge in [-0.15, -0.1) is 0 Å². The van der Waals surface area contributed by atoms with Crippen LogP contribution in [0.3, 0.4) is 0 Å². The molecule has 13 heavy (non-hydrogen) atoms. The average Bonchev–Trinajstić information content (AvgIpc) is 2.46. The van der Waals surface area contributed by atoms with Gasteiger partial charge in [0.1, 0.15) is 6.33 Å². The maximum atomic E-state index is 10.7. The van der Waals surface area contributed by atoms with Crippen molar-refractivity contribution in [3.8, 4) is 0 Å². The first-order chi connectivity index (χ1) is 6.18. The number of imidazole rings is 1. The highest BCUT2D eigenvalue weighted by Gasteiger charge is 2.10. The molecule has 0 saturated heterocycles. The first-order valence-electron chi connectivity index (χ1n) is 3.54. The van der Waals surface area contributed by atoms with E-state index < -0.39 is 5.97 Å². The van der Waals surface area contributed by atoms with Crippen molar-refractivity contribution in [1.29, 1.82) is 0 Å². The summed E-state index contributed by atoms with van der Waals surface area (Å²) >= 11 is 3.27. The molecule has 4 nitrogen and oxygen atoms in total. The summed E-state index contributed by atoms with van der Waals surface area (Å²) in [6, 6.07) is 3.54. The molecule has 0 aromatic carbocycles. The van der Waals surface area contributed by atoms with Gasteiger partial charge in [0.25, 0.3) is 0 Å². The molecule has 0 aliphatic carbocycles.